The molecule has 2 aliphatic rings. The zero-order valence-electron chi connectivity index (χ0n) is 10.6. The van der Waals surface area contributed by atoms with E-state index in [1.807, 2.05) is 18.2 Å². The molecule has 0 aliphatic heterocycles. The molecule has 94 valence electrons. The minimum atomic E-state index is -0.290. The van der Waals surface area contributed by atoms with Gasteiger partial charge in [-0.3, -0.25) is 4.79 Å². The van der Waals surface area contributed by atoms with Gasteiger partial charge in [-0.2, -0.15) is 5.26 Å². The van der Waals surface area contributed by atoms with Gasteiger partial charge in [-0.15, -0.1) is 0 Å². The van der Waals surface area contributed by atoms with E-state index in [0.717, 1.165) is 31.2 Å². The molecule has 2 aliphatic carbocycles. The fraction of sp³-hybridized carbons (Fsp3) is 0.375. The van der Waals surface area contributed by atoms with Crippen LogP contribution in [0.3, 0.4) is 0 Å². The molecule has 3 heteroatoms. The van der Waals surface area contributed by atoms with Crippen LogP contribution in [0, 0.1) is 29.1 Å². The molecular formula is C16H14N2O. The van der Waals surface area contributed by atoms with Crippen molar-refractivity contribution in [1.29, 1.82) is 5.26 Å². The van der Waals surface area contributed by atoms with Crippen LogP contribution in [0.15, 0.2) is 24.3 Å². The summed E-state index contributed by atoms with van der Waals surface area (Å²) in [5, 5.41) is 11.9. The van der Waals surface area contributed by atoms with Crippen LogP contribution >= 0.6 is 0 Å². The Morgan fingerprint density at radius 3 is 2.79 bits per heavy atom. The molecule has 3 rings (SSSR count). The summed E-state index contributed by atoms with van der Waals surface area (Å²) in [6.45, 7) is 0. The first kappa shape index (κ1) is 11.8. The molecule has 2 saturated carbocycles. The lowest BCUT2D eigenvalue weighted by Crippen LogP contribution is -2.33. The SMILES string of the molecule is N#Cc1cccc(C2(NC(=O)C#CC3CC3)CC2)c1. The Hall–Kier alpha value is -2.26. The topological polar surface area (TPSA) is 52.9 Å². The first-order valence-electron chi connectivity index (χ1n) is 6.56. The number of carbonyl (C=O) groups excluding carboxylic acids is 1. The molecule has 0 aromatic heterocycles. The smallest absolute Gasteiger partial charge is 0.296 e. The van der Waals surface area contributed by atoms with E-state index in [9.17, 15) is 4.79 Å². The highest BCUT2D eigenvalue weighted by atomic mass is 16.1. The Morgan fingerprint density at radius 2 is 2.16 bits per heavy atom. The van der Waals surface area contributed by atoms with E-state index in [1.54, 1.807) is 6.07 Å². The maximum atomic E-state index is 11.8. The molecule has 3 nitrogen and oxygen atoms in total. The van der Waals surface area contributed by atoms with Gasteiger partial charge in [0.15, 0.2) is 0 Å². The molecule has 0 bridgehead atoms. The molecule has 0 spiro atoms. The highest BCUT2D eigenvalue weighted by Crippen LogP contribution is 2.45. The van der Waals surface area contributed by atoms with Crippen LogP contribution in [0.2, 0.25) is 0 Å². The molecule has 1 amide bonds. The minimum absolute atomic E-state index is 0.202. The molecule has 2 fully saturated rings. The van der Waals surface area contributed by atoms with E-state index in [1.165, 1.54) is 0 Å². The van der Waals surface area contributed by atoms with Crippen LogP contribution in [0.4, 0.5) is 0 Å². The van der Waals surface area contributed by atoms with Gasteiger partial charge < -0.3 is 5.32 Å². The zero-order chi connectivity index (χ0) is 13.3. The zero-order valence-corrected chi connectivity index (χ0v) is 10.6. The summed E-state index contributed by atoms with van der Waals surface area (Å²) in [7, 11) is 0. The van der Waals surface area contributed by atoms with Gasteiger partial charge in [0.25, 0.3) is 5.91 Å². The van der Waals surface area contributed by atoms with Crippen LogP contribution < -0.4 is 5.32 Å². The second-order valence-corrected chi connectivity index (χ2v) is 5.27. The van der Waals surface area contributed by atoms with Crippen molar-refractivity contribution in [3.63, 3.8) is 0 Å². The monoisotopic (exact) mass is 250 g/mol. The Morgan fingerprint density at radius 1 is 1.37 bits per heavy atom. The molecular weight excluding hydrogens is 236 g/mol. The average molecular weight is 250 g/mol. The summed E-state index contributed by atoms with van der Waals surface area (Å²) < 4.78 is 0. The highest BCUT2D eigenvalue weighted by Gasteiger charge is 2.45. The van der Waals surface area contributed by atoms with E-state index in [-0.39, 0.29) is 11.4 Å². The summed E-state index contributed by atoms with van der Waals surface area (Å²) in [5.41, 5.74) is 1.34. The predicted molar refractivity (Wildman–Crippen MR) is 70.7 cm³/mol. The van der Waals surface area contributed by atoms with Crippen molar-refractivity contribution < 1.29 is 4.79 Å². The second kappa shape index (κ2) is 4.44. The second-order valence-electron chi connectivity index (χ2n) is 5.27. The van der Waals surface area contributed by atoms with E-state index in [2.05, 4.69) is 23.2 Å². The first-order valence-corrected chi connectivity index (χ1v) is 6.56. The van der Waals surface area contributed by atoms with Crippen LogP contribution in [0.25, 0.3) is 0 Å². The van der Waals surface area contributed by atoms with E-state index >= 15 is 0 Å². The number of nitrogens with zero attached hydrogens (tertiary/aromatic N) is 1. The van der Waals surface area contributed by atoms with E-state index in [0.29, 0.717) is 11.5 Å². The van der Waals surface area contributed by atoms with Crippen LogP contribution in [0.5, 0.6) is 0 Å². The average Bonchev–Trinajstić information content (AvgIpc) is 3.32. The van der Waals surface area contributed by atoms with Crippen molar-refractivity contribution in [3.05, 3.63) is 35.4 Å². The lowest BCUT2D eigenvalue weighted by Gasteiger charge is -2.16. The third kappa shape index (κ3) is 2.61. The number of amides is 1. The van der Waals surface area contributed by atoms with E-state index in [4.69, 9.17) is 5.26 Å². The molecule has 1 aromatic carbocycles. The molecule has 0 heterocycles. The molecule has 0 radical (unpaired) electrons. The lowest BCUT2D eigenvalue weighted by atomic mass is 10.0. The van der Waals surface area contributed by atoms with Gasteiger partial charge in [-0.1, -0.05) is 18.1 Å². The van der Waals surface area contributed by atoms with Crippen LogP contribution in [-0.4, -0.2) is 5.91 Å². The van der Waals surface area contributed by atoms with Crippen molar-refractivity contribution in [2.45, 2.75) is 31.2 Å². The van der Waals surface area contributed by atoms with Gasteiger partial charge in [0.05, 0.1) is 17.2 Å². The van der Waals surface area contributed by atoms with Gasteiger partial charge in [0.1, 0.15) is 0 Å². The van der Waals surface area contributed by atoms with Crippen molar-refractivity contribution in [2.24, 2.45) is 5.92 Å². The standard InChI is InChI=1S/C16H14N2O/c17-11-13-2-1-3-14(10-13)16(8-9-16)18-15(19)7-6-12-4-5-12/h1-3,10,12H,4-5,8-9H2,(H,18,19). The van der Waals surface area contributed by atoms with Crippen molar-refractivity contribution >= 4 is 5.91 Å². The number of rotatable bonds is 2. The first-order chi connectivity index (χ1) is 9.22. The maximum absolute atomic E-state index is 11.8. The Balaban J connectivity index is 1.74. The van der Waals surface area contributed by atoms with Crippen molar-refractivity contribution in [2.75, 3.05) is 0 Å². The maximum Gasteiger partial charge on any atom is 0.296 e. The Bertz CT molecular complexity index is 622. The quantitative estimate of drug-likeness (QED) is 0.817. The highest BCUT2D eigenvalue weighted by molar-refractivity contribution is 5.94. The summed E-state index contributed by atoms with van der Waals surface area (Å²) in [4.78, 5) is 11.8. The fourth-order valence-electron chi connectivity index (χ4n) is 2.14. The molecule has 0 unspecified atom stereocenters. The minimum Gasteiger partial charge on any atom is -0.336 e. The summed E-state index contributed by atoms with van der Waals surface area (Å²) in [5.74, 6) is 5.87. The Labute approximate surface area is 112 Å². The van der Waals surface area contributed by atoms with Gasteiger partial charge in [0.2, 0.25) is 0 Å². The molecule has 19 heavy (non-hydrogen) atoms. The van der Waals surface area contributed by atoms with Crippen molar-refractivity contribution in [3.8, 4) is 17.9 Å². The number of nitriles is 1. The summed E-state index contributed by atoms with van der Waals surface area (Å²) in [6.07, 6.45) is 4.07. The molecule has 0 saturated heterocycles. The Kier molecular flexibility index (Phi) is 2.76. The summed E-state index contributed by atoms with van der Waals surface area (Å²) >= 11 is 0. The van der Waals surface area contributed by atoms with Crippen molar-refractivity contribution in [1.82, 2.24) is 5.32 Å². The normalized spacial score (nSPS) is 18.7. The third-order valence-corrected chi connectivity index (χ3v) is 3.61. The summed E-state index contributed by atoms with van der Waals surface area (Å²) in [6, 6.07) is 9.57. The third-order valence-electron chi connectivity index (χ3n) is 3.61. The number of hydrogen-bond acceptors (Lipinski definition) is 2. The van der Waals surface area contributed by atoms with E-state index < -0.39 is 0 Å². The van der Waals surface area contributed by atoms with Crippen LogP contribution in [0.1, 0.15) is 36.8 Å². The lowest BCUT2D eigenvalue weighted by molar-refractivity contribution is -0.116. The molecule has 1 N–H and O–H groups in total. The fourth-order valence-corrected chi connectivity index (χ4v) is 2.14. The van der Waals surface area contributed by atoms with Gasteiger partial charge in [-0.05, 0) is 49.3 Å². The largest absolute Gasteiger partial charge is 0.336 e. The number of benzene rings is 1. The van der Waals surface area contributed by atoms with Gasteiger partial charge in [0, 0.05) is 5.92 Å². The number of hydrogen-bond donors (Lipinski definition) is 1. The van der Waals surface area contributed by atoms with Crippen LogP contribution in [-0.2, 0) is 10.3 Å². The number of nitrogens with one attached hydrogen (secondary N) is 1. The van der Waals surface area contributed by atoms with Gasteiger partial charge >= 0.3 is 0 Å². The number of carbonyl (C=O) groups is 1. The van der Waals surface area contributed by atoms with Gasteiger partial charge in [-0.25, -0.2) is 0 Å². The molecule has 0 atom stereocenters. The predicted octanol–water partition coefficient (Wildman–Crippen LogP) is 2.08. The molecule has 1 aromatic rings.